The second kappa shape index (κ2) is 12.9. The van der Waals surface area contributed by atoms with Crippen LogP contribution >= 0.6 is 11.6 Å². The largest absolute Gasteiger partial charge is 0.395 e. The molecule has 3 amide bonds. The van der Waals surface area contributed by atoms with Crippen molar-refractivity contribution in [3.63, 3.8) is 0 Å². The molecule has 2 aromatic rings. The number of nitrogens with zero attached hydrogens (tertiary/aromatic N) is 2. The lowest BCUT2D eigenvalue weighted by atomic mass is 10.1. The number of amides is 3. The van der Waals surface area contributed by atoms with E-state index < -0.39 is 30.4 Å². The number of hydrogen-bond donors (Lipinski definition) is 4. The molecule has 8 nitrogen and oxygen atoms in total. The third kappa shape index (κ3) is 8.76. The van der Waals surface area contributed by atoms with Crippen LogP contribution in [0.1, 0.15) is 22.3 Å². The number of halogens is 5. The number of rotatable bonds is 9. The third-order valence-electron chi connectivity index (χ3n) is 5.76. The zero-order chi connectivity index (χ0) is 27.0. The topological polar surface area (TPSA) is 96.9 Å². The van der Waals surface area contributed by atoms with E-state index in [4.69, 9.17) is 16.7 Å². The Morgan fingerprint density at radius 2 is 1.76 bits per heavy atom. The highest BCUT2D eigenvalue weighted by molar-refractivity contribution is 6.31. The van der Waals surface area contributed by atoms with Crippen LogP contribution in [0.4, 0.5) is 33.7 Å². The second-order valence-electron chi connectivity index (χ2n) is 8.46. The number of aliphatic hydroxyl groups excluding tert-OH is 1. The van der Waals surface area contributed by atoms with Gasteiger partial charge in [-0.25, -0.2) is 9.18 Å². The van der Waals surface area contributed by atoms with E-state index in [1.807, 2.05) is 4.90 Å². The van der Waals surface area contributed by atoms with E-state index in [2.05, 4.69) is 16.0 Å². The summed E-state index contributed by atoms with van der Waals surface area (Å²) in [5.41, 5.74) is 1.21. The second-order valence-corrected chi connectivity index (χ2v) is 8.89. The van der Waals surface area contributed by atoms with Crippen LogP contribution in [0.25, 0.3) is 0 Å². The van der Waals surface area contributed by atoms with Gasteiger partial charge in [-0.3, -0.25) is 9.69 Å². The van der Waals surface area contributed by atoms with Gasteiger partial charge in [0.05, 0.1) is 30.0 Å². The average molecular weight is 546 g/mol. The molecular formula is C24H28ClF4N5O3. The smallest absolute Gasteiger partial charge is 0.390 e. The first-order valence-corrected chi connectivity index (χ1v) is 12.0. The van der Waals surface area contributed by atoms with E-state index in [0.29, 0.717) is 48.1 Å². The predicted octanol–water partition coefficient (Wildman–Crippen LogP) is 3.60. The lowest BCUT2D eigenvalue weighted by molar-refractivity contribution is -0.138. The molecule has 1 heterocycles. The Morgan fingerprint density at radius 1 is 1.03 bits per heavy atom. The molecule has 3 rings (SSSR count). The molecule has 0 unspecified atom stereocenters. The Morgan fingerprint density at radius 3 is 2.41 bits per heavy atom. The van der Waals surface area contributed by atoms with Gasteiger partial charge >= 0.3 is 12.2 Å². The zero-order valence-corrected chi connectivity index (χ0v) is 20.6. The summed E-state index contributed by atoms with van der Waals surface area (Å²) in [5, 5.41) is 16.7. The third-order valence-corrected chi connectivity index (χ3v) is 6.00. The van der Waals surface area contributed by atoms with Crippen LogP contribution in [0, 0.1) is 5.82 Å². The first kappa shape index (κ1) is 28.5. The van der Waals surface area contributed by atoms with Gasteiger partial charge in [-0.05, 0) is 35.9 Å². The maximum absolute atomic E-state index is 14.7. The summed E-state index contributed by atoms with van der Waals surface area (Å²) < 4.78 is 52.3. The van der Waals surface area contributed by atoms with Crippen molar-refractivity contribution in [2.24, 2.45) is 0 Å². The fourth-order valence-corrected chi connectivity index (χ4v) is 3.99. The molecule has 0 aromatic heterocycles. The number of hydrogen-bond acceptors (Lipinski definition) is 5. The Kier molecular flexibility index (Phi) is 9.95. The van der Waals surface area contributed by atoms with Gasteiger partial charge in [-0.1, -0.05) is 17.7 Å². The summed E-state index contributed by atoms with van der Waals surface area (Å²) in [4.78, 5) is 28.1. The summed E-state index contributed by atoms with van der Waals surface area (Å²) in [6.45, 7) is 1.52. The lowest BCUT2D eigenvalue weighted by Crippen LogP contribution is -2.47. The minimum absolute atomic E-state index is 0.0202. The van der Waals surface area contributed by atoms with Crippen LogP contribution in [0.15, 0.2) is 36.4 Å². The standard InChI is InChI=1S/C24H28ClF4N5O3/c25-17-2-4-20(21(14-17)34-10-8-33(9-11-34)7-5-24(27,28)29)32-22(36)18-3-1-16(13-19(18)26)15-31-23(37)30-6-12-35/h1-4,13-14,35H,5-12,15H2,(H,32,36)(H2,30,31,37). The molecule has 1 saturated heterocycles. The maximum Gasteiger partial charge on any atom is 0.390 e. The van der Waals surface area contributed by atoms with E-state index in [-0.39, 0.29) is 31.8 Å². The summed E-state index contributed by atoms with van der Waals surface area (Å²) in [6.07, 6.45) is -5.08. The van der Waals surface area contributed by atoms with Gasteiger partial charge in [0.15, 0.2) is 0 Å². The first-order chi connectivity index (χ1) is 17.6. The van der Waals surface area contributed by atoms with Crippen molar-refractivity contribution in [1.29, 1.82) is 0 Å². The number of carbonyl (C=O) groups is 2. The number of alkyl halides is 3. The molecule has 13 heteroatoms. The minimum Gasteiger partial charge on any atom is -0.395 e. The van der Waals surface area contributed by atoms with Crippen LogP contribution in [0.3, 0.4) is 0 Å². The van der Waals surface area contributed by atoms with Crippen LogP contribution in [0.5, 0.6) is 0 Å². The van der Waals surface area contributed by atoms with Crippen molar-refractivity contribution in [3.8, 4) is 0 Å². The minimum atomic E-state index is -4.21. The Balaban J connectivity index is 1.64. The summed E-state index contributed by atoms with van der Waals surface area (Å²) >= 11 is 6.16. The van der Waals surface area contributed by atoms with Gasteiger partial charge in [-0.15, -0.1) is 0 Å². The van der Waals surface area contributed by atoms with E-state index in [0.717, 1.165) is 6.07 Å². The fraction of sp³-hybridized carbons (Fsp3) is 0.417. The number of piperazine rings is 1. The SMILES string of the molecule is O=C(NCCO)NCc1ccc(C(=O)Nc2ccc(Cl)cc2N2CCN(CCC(F)(F)F)CC2)c(F)c1. The molecule has 37 heavy (non-hydrogen) atoms. The van der Waals surface area contributed by atoms with Gasteiger partial charge in [0.25, 0.3) is 5.91 Å². The van der Waals surface area contributed by atoms with Crippen molar-refractivity contribution in [2.45, 2.75) is 19.1 Å². The highest BCUT2D eigenvalue weighted by Crippen LogP contribution is 2.31. The molecule has 0 spiro atoms. The van der Waals surface area contributed by atoms with Gasteiger partial charge in [0.2, 0.25) is 0 Å². The molecule has 1 aliphatic heterocycles. The van der Waals surface area contributed by atoms with Gasteiger partial charge in [-0.2, -0.15) is 13.2 Å². The number of benzene rings is 2. The number of anilines is 2. The monoisotopic (exact) mass is 545 g/mol. The number of nitrogens with one attached hydrogen (secondary N) is 3. The van der Waals surface area contributed by atoms with E-state index in [9.17, 15) is 27.2 Å². The quantitative estimate of drug-likeness (QED) is 0.361. The molecule has 2 aromatic carbocycles. The van der Waals surface area contributed by atoms with Gasteiger partial charge in [0.1, 0.15) is 5.82 Å². The van der Waals surface area contributed by atoms with E-state index in [1.54, 1.807) is 23.1 Å². The Labute approximate surface area is 216 Å². The Hall–Kier alpha value is -3.09. The maximum atomic E-state index is 14.7. The van der Waals surface area contributed by atoms with Crippen LogP contribution in [-0.2, 0) is 6.54 Å². The highest BCUT2D eigenvalue weighted by atomic mass is 35.5. The van der Waals surface area contributed by atoms with E-state index in [1.165, 1.54) is 12.1 Å². The lowest BCUT2D eigenvalue weighted by Gasteiger charge is -2.37. The molecule has 0 saturated carbocycles. The molecule has 202 valence electrons. The van der Waals surface area contributed by atoms with Gasteiger partial charge in [0, 0.05) is 50.8 Å². The summed E-state index contributed by atoms with van der Waals surface area (Å²) in [7, 11) is 0. The van der Waals surface area contributed by atoms with Crippen LogP contribution in [-0.4, -0.2) is 74.0 Å². The van der Waals surface area contributed by atoms with Crippen molar-refractivity contribution in [2.75, 3.05) is 56.1 Å². The fourth-order valence-electron chi connectivity index (χ4n) is 3.83. The molecular weight excluding hydrogens is 518 g/mol. The molecule has 0 aliphatic carbocycles. The number of aliphatic hydroxyl groups is 1. The molecule has 0 bridgehead atoms. The summed E-state index contributed by atoms with van der Waals surface area (Å²) in [6, 6.07) is 8.25. The van der Waals surface area contributed by atoms with Crippen LogP contribution in [0.2, 0.25) is 5.02 Å². The van der Waals surface area contributed by atoms with Crippen LogP contribution < -0.4 is 20.9 Å². The molecule has 1 fully saturated rings. The predicted molar refractivity (Wildman–Crippen MR) is 132 cm³/mol. The first-order valence-electron chi connectivity index (χ1n) is 11.6. The molecule has 1 aliphatic rings. The van der Waals surface area contributed by atoms with Gasteiger partial charge < -0.3 is 26.0 Å². The van der Waals surface area contributed by atoms with E-state index >= 15 is 0 Å². The van der Waals surface area contributed by atoms with Crippen molar-refractivity contribution < 1.29 is 32.3 Å². The number of urea groups is 1. The van der Waals surface area contributed by atoms with Crippen molar-refractivity contribution in [3.05, 3.63) is 58.4 Å². The normalized spacial score (nSPS) is 14.4. The van der Waals surface area contributed by atoms with Crippen molar-refractivity contribution >= 4 is 34.9 Å². The molecule has 0 atom stereocenters. The molecule has 4 N–H and O–H groups in total. The summed E-state index contributed by atoms with van der Waals surface area (Å²) in [5.74, 6) is -1.47. The zero-order valence-electron chi connectivity index (χ0n) is 19.9. The Bertz CT molecular complexity index is 1090. The molecule has 0 radical (unpaired) electrons. The highest BCUT2D eigenvalue weighted by Gasteiger charge is 2.29. The number of carbonyl (C=O) groups excluding carboxylic acids is 2. The average Bonchev–Trinajstić information content (AvgIpc) is 2.86. The van der Waals surface area contributed by atoms with Crippen molar-refractivity contribution in [1.82, 2.24) is 15.5 Å².